The zero-order chi connectivity index (χ0) is 15.8. The van der Waals surface area contributed by atoms with Crippen LogP contribution in [0.2, 0.25) is 0 Å². The van der Waals surface area contributed by atoms with Gasteiger partial charge in [0.05, 0.1) is 6.61 Å². The Morgan fingerprint density at radius 2 is 1.57 bits per heavy atom. The molecule has 0 fully saturated rings. The van der Waals surface area contributed by atoms with Crippen LogP contribution in [-0.4, -0.2) is 24.2 Å². The molecule has 21 heavy (non-hydrogen) atoms. The molecule has 0 spiro atoms. The average molecular weight is 365 g/mol. The minimum atomic E-state index is -0.506. The second-order valence-electron chi connectivity index (χ2n) is 5.69. The average Bonchev–Trinajstić information content (AvgIpc) is 2.46. The van der Waals surface area contributed by atoms with Gasteiger partial charge >= 0.3 is 6.16 Å². The molecule has 4 heteroatoms. The summed E-state index contributed by atoms with van der Waals surface area (Å²) in [5, 5.41) is 1.05. The quantitative estimate of drug-likeness (QED) is 0.208. The highest BCUT2D eigenvalue weighted by molar-refractivity contribution is 9.09. The molecule has 0 radical (unpaired) electrons. The number of hydrogen-bond donors (Lipinski definition) is 0. The Bertz CT molecular complexity index is 234. The first-order chi connectivity index (χ1) is 10.2. The predicted molar refractivity (Wildman–Crippen MR) is 92.2 cm³/mol. The van der Waals surface area contributed by atoms with Gasteiger partial charge in [0.15, 0.2) is 0 Å². The molecule has 0 aromatic carbocycles. The molecule has 3 nitrogen and oxygen atoms in total. The van der Waals surface area contributed by atoms with Crippen molar-refractivity contribution in [3.63, 3.8) is 0 Å². The van der Waals surface area contributed by atoms with Crippen molar-refractivity contribution in [3.8, 4) is 0 Å². The van der Waals surface area contributed by atoms with Gasteiger partial charge in [0.1, 0.15) is 6.10 Å². The molecular weight excluding hydrogens is 332 g/mol. The van der Waals surface area contributed by atoms with E-state index in [1.54, 1.807) is 0 Å². The van der Waals surface area contributed by atoms with Gasteiger partial charge in [-0.3, -0.25) is 0 Å². The van der Waals surface area contributed by atoms with E-state index in [2.05, 4.69) is 22.9 Å². The molecule has 0 saturated heterocycles. The van der Waals surface area contributed by atoms with Crippen LogP contribution < -0.4 is 0 Å². The first-order valence-electron chi connectivity index (χ1n) is 8.60. The van der Waals surface area contributed by atoms with Crippen LogP contribution in [0.3, 0.4) is 0 Å². The van der Waals surface area contributed by atoms with E-state index in [0.29, 0.717) is 6.61 Å². The first-order valence-corrected chi connectivity index (χ1v) is 9.72. The summed E-state index contributed by atoms with van der Waals surface area (Å²) in [7, 11) is 0. The standard InChI is InChI=1S/C17H33BrO3/c1-3-4-5-6-7-10-13-16(2)21-17(19)20-15-12-9-8-11-14-18/h16H,3-15H2,1-2H3. The number of ether oxygens (including phenoxy) is 2. The second kappa shape index (κ2) is 16.1. The van der Waals surface area contributed by atoms with E-state index >= 15 is 0 Å². The Hall–Kier alpha value is -0.250. The SMILES string of the molecule is CCCCCCCCC(C)OC(=O)OCCCCCCBr. The van der Waals surface area contributed by atoms with Crippen LogP contribution in [0.1, 0.15) is 84.5 Å². The molecule has 0 aromatic heterocycles. The monoisotopic (exact) mass is 364 g/mol. The summed E-state index contributed by atoms with van der Waals surface area (Å²) in [6.07, 6.45) is 12.4. The number of hydrogen-bond acceptors (Lipinski definition) is 3. The number of alkyl halides is 1. The van der Waals surface area contributed by atoms with Gasteiger partial charge in [-0.25, -0.2) is 4.79 Å². The minimum absolute atomic E-state index is 0.0305. The number of halogens is 1. The Balaban J connectivity index is 3.35. The zero-order valence-electron chi connectivity index (χ0n) is 13.9. The lowest BCUT2D eigenvalue weighted by Gasteiger charge is -2.13. The van der Waals surface area contributed by atoms with Crippen LogP contribution in [0.4, 0.5) is 4.79 Å². The Morgan fingerprint density at radius 3 is 2.29 bits per heavy atom. The van der Waals surface area contributed by atoms with Crippen molar-refractivity contribution < 1.29 is 14.3 Å². The third kappa shape index (κ3) is 16.0. The fraction of sp³-hybridized carbons (Fsp3) is 0.941. The number of carbonyl (C=O) groups is 1. The lowest BCUT2D eigenvalue weighted by molar-refractivity contribution is 0.0251. The van der Waals surface area contributed by atoms with Crippen molar-refractivity contribution in [1.82, 2.24) is 0 Å². The van der Waals surface area contributed by atoms with E-state index in [1.807, 2.05) is 6.92 Å². The van der Waals surface area contributed by atoms with E-state index < -0.39 is 6.16 Å². The van der Waals surface area contributed by atoms with Crippen molar-refractivity contribution >= 4 is 22.1 Å². The molecule has 0 rings (SSSR count). The van der Waals surface area contributed by atoms with Gasteiger partial charge in [0, 0.05) is 5.33 Å². The first kappa shape index (κ1) is 20.8. The van der Waals surface area contributed by atoms with Crippen LogP contribution in [0.5, 0.6) is 0 Å². The summed E-state index contributed by atoms with van der Waals surface area (Å²) < 4.78 is 10.3. The van der Waals surface area contributed by atoms with Crippen molar-refractivity contribution in [2.75, 3.05) is 11.9 Å². The molecule has 0 saturated carbocycles. The molecule has 0 aromatic rings. The summed E-state index contributed by atoms with van der Waals surface area (Å²) >= 11 is 3.40. The molecular formula is C17H33BrO3. The normalized spacial score (nSPS) is 12.1. The van der Waals surface area contributed by atoms with E-state index in [0.717, 1.165) is 31.0 Å². The van der Waals surface area contributed by atoms with Crippen LogP contribution >= 0.6 is 15.9 Å². The highest BCUT2D eigenvalue weighted by Gasteiger charge is 2.10. The number of carbonyl (C=O) groups excluding carboxylic acids is 1. The molecule has 0 amide bonds. The van der Waals surface area contributed by atoms with Gasteiger partial charge in [0.2, 0.25) is 0 Å². The highest BCUT2D eigenvalue weighted by Crippen LogP contribution is 2.11. The van der Waals surface area contributed by atoms with Crippen molar-refractivity contribution in [3.05, 3.63) is 0 Å². The number of unbranched alkanes of at least 4 members (excludes halogenated alkanes) is 8. The van der Waals surface area contributed by atoms with E-state index in [4.69, 9.17) is 9.47 Å². The largest absolute Gasteiger partial charge is 0.508 e. The fourth-order valence-electron chi connectivity index (χ4n) is 2.17. The summed E-state index contributed by atoms with van der Waals surface area (Å²) in [5.74, 6) is 0. The van der Waals surface area contributed by atoms with Crippen LogP contribution in [-0.2, 0) is 9.47 Å². The van der Waals surface area contributed by atoms with Gasteiger partial charge in [-0.1, -0.05) is 67.8 Å². The van der Waals surface area contributed by atoms with E-state index in [-0.39, 0.29) is 6.10 Å². The molecule has 0 aliphatic carbocycles. The third-order valence-corrected chi connectivity index (χ3v) is 4.07. The highest BCUT2D eigenvalue weighted by atomic mass is 79.9. The topological polar surface area (TPSA) is 35.5 Å². The Labute approximate surface area is 139 Å². The van der Waals surface area contributed by atoms with Crippen LogP contribution in [0.15, 0.2) is 0 Å². The Kier molecular flexibility index (Phi) is 15.9. The number of rotatable bonds is 14. The predicted octanol–water partition coefficient (Wildman–Crippen LogP) is 6.23. The maximum absolute atomic E-state index is 11.5. The molecule has 0 aliphatic heterocycles. The summed E-state index contributed by atoms with van der Waals surface area (Å²) in [4.78, 5) is 11.5. The molecule has 1 atom stereocenters. The molecule has 126 valence electrons. The van der Waals surface area contributed by atoms with Crippen molar-refractivity contribution in [2.24, 2.45) is 0 Å². The maximum atomic E-state index is 11.5. The summed E-state index contributed by atoms with van der Waals surface area (Å²) in [6, 6.07) is 0. The summed E-state index contributed by atoms with van der Waals surface area (Å²) in [6.45, 7) is 4.65. The van der Waals surface area contributed by atoms with Crippen LogP contribution in [0, 0.1) is 0 Å². The third-order valence-electron chi connectivity index (χ3n) is 3.51. The summed E-state index contributed by atoms with van der Waals surface area (Å²) in [5.41, 5.74) is 0. The van der Waals surface area contributed by atoms with Gasteiger partial charge in [0.25, 0.3) is 0 Å². The Morgan fingerprint density at radius 1 is 0.952 bits per heavy atom. The van der Waals surface area contributed by atoms with Gasteiger partial charge in [-0.05, 0) is 32.6 Å². The second-order valence-corrected chi connectivity index (χ2v) is 6.48. The lowest BCUT2D eigenvalue weighted by Crippen LogP contribution is -2.16. The molecule has 0 heterocycles. The lowest BCUT2D eigenvalue weighted by atomic mass is 10.1. The maximum Gasteiger partial charge on any atom is 0.508 e. The minimum Gasteiger partial charge on any atom is -0.434 e. The van der Waals surface area contributed by atoms with Gasteiger partial charge in [-0.2, -0.15) is 0 Å². The molecule has 1 unspecified atom stereocenters. The van der Waals surface area contributed by atoms with Crippen molar-refractivity contribution in [2.45, 2.75) is 90.6 Å². The molecule has 0 N–H and O–H groups in total. The fourth-order valence-corrected chi connectivity index (χ4v) is 2.57. The van der Waals surface area contributed by atoms with Gasteiger partial charge in [-0.15, -0.1) is 0 Å². The van der Waals surface area contributed by atoms with Crippen LogP contribution in [0.25, 0.3) is 0 Å². The smallest absolute Gasteiger partial charge is 0.434 e. The zero-order valence-corrected chi connectivity index (χ0v) is 15.5. The van der Waals surface area contributed by atoms with Crippen molar-refractivity contribution in [1.29, 1.82) is 0 Å². The van der Waals surface area contributed by atoms with E-state index in [9.17, 15) is 4.79 Å². The molecule has 0 aliphatic rings. The van der Waals surface area contributed by atoms with Gasteiger partial charge < -0.3 is 9.47 Å². The van der Waals surface area contributed by atoms with E-state index in [1.165, 1.54) is 44.9 Å². The molecule has 0 bridgehead atoms.